The number of carboxylic acids is 1. The van der Waals surface area contributed by atoms with E-state index in [1.165, 1.54) is 4.90 Å². The molecule has 1 aliphatic heterocycles. The van der Waals surface area contributed by atoms with Gasteiger partial charge in [0.15, 0.2) is 6.61 Å². The number of ether oxygens (including phenoxy) is 1. The van der Waals surface area contributed by atoms with E-state index in [1.54, 1.807) is 12.1 Å². The van der Waals surface area contributed by atoms with Crippen molar-refractivity contribution in [1.29, 1.82) is 0 Å². The topological polar surface area (TPSA) is 66.8 Å². The number of nitrogens with zero attached hydrogens (tertiary/aromatic N) is 1. The number of fused-ring (bicyclic) bond motifs is 1. The molecule has 1 saturated heterocycles. The molecule has 0 radical (unpaired) electrons. The van der Waals surface area contributed by atoms with Gasteiger partial charge in [-0.1, -0.05) is 35.9 Å². The van der Waals surface area contributed by atoms with Gasteiger partial charge in [-0.05, 0) is 25.0 Å². The van der Waals surface area contributed by atoms with Crippen molar-refractivity contribution in [2.24, 2.45) is 0 Å². The standard InChI is InChI=1S/C17H16ClNO4/c18-13-7-8-15(12-5-2-1-4-11(12)13)23-10-16(20)19-9-3-6-14(19)17(21)22/h1-2,4-5,7-8,14H,3,6,9-10H2,(H,21,22)/t14-/m1/s1. The lowest BCUT2D eigenvalue weighted by Gasteiger charge is -2.21. The summed E-state index contributed by atoms with van der Waals surface area (Å²) in [6.07, 6.45) is 1.19. The first kappa shape index (κ1) is 15.6. The van der Waals surface area contributed by atoms with E-state index < -0.39 is 12.0 Å². The van der Waals surface area contributed by atoms with Crippen LogP contribution < -0.4 is 4.74 Å². The molecule has 1 heterocycles. The van der Waals surface area contributed by atoms with Crippen molar-refractivity contribution in [2.45, 2.75) is 18.9 Å². The number of carbonyl (C=O) groups is 2. The minimum atomic E-state index is -0.965. The minimum Gasteiger partial charge on any atom is -0.483 e. The second-order valence-electron chi connectivity index (χ2n) is 5.46. The molecule has 2 aromatic carbocycles. The van der Waals surface area contributed by atoms with Crippen LogP contribution in [0.25, 0.3) is 10.8 Å². The fourth-order valence-corrected chi connectivity index (χ4v) is 3.13. The fraction of sp³-hybridized carbons (Fsp3) is 0.294. The second kappa shape index (κ2) is 6.46. The summed E-state index contributed by atoms with van der Waals surface area (Å²) in [4.78, 5) is 24.8. The summed E-state index contributed by atoms with van der Waals surface area (Å²) in [5.74, 6) is -0.717. The number of hydrogen-bond donors (Lipinski definition) is 1. The lowest BCUT2D eigenvalue weighted by Crippen LogP contribution is -2.42. The Hall–Kier alpha value is -2.27. The summed E-state index contributed by atoms with van der Waals surface area (Å²) in [5.41, 5.74) is 0. The van der Waals surface area contributed by atoms with Crippen LogP contribution in [0.15, 0.2) is 36.4 Å². The molecule has 5 nitrogen and oxygen atoms in total. The molecular weight excluding hydrogens is 318 g/mol. The Labute approximate surface area is 138 Å². The Morgan fingerprint density at radius 2 is 1.96 bits per heavy atom. The fourth-order valence-electron chi connectivity index (χ4n) is 2.90. The third-order valence-corrected chi connectivity index (χ3v) is 4.37. The van der Waals surface area contributed by atoms with Crippen LogP contribution in [0.5, 0.6) is 5.75 Å². The van der Waals surface area contributed by atoms with Gasteiger partial charge < -0.3 is 14.7 Å². The first-order valence-electron chi connectivity index (χ1n) is 7.40. The number of rotatable bonds is 4. The predicted molar refractivity (Wildman–Crippen MR) is 86.8 cm³/mol. The molecule has 0 spiro atoms. The summed E-state index contributed by atoms with van der Waals surface area (Å²) >= 11 is 6.15. The largest absolute Gasteiger partial charge is 0.483 e. The molecule has 1 atom stereocenters. The molecule has 3 rings (SSSR count). The summed E-state index contributed by atoms with van der Waals surface area (Å²) < 4.78 is 5.63. The Morgan fingerprint density at radius 3 is 2.70 bits per heavy atom. The zero-order valence-corrected chi connectivity index (χ0v) is 13.1. The van der Waals surface area contributed by atoms with Crippen molar-refractivity contribution < 1.29 is 19.4 Å². The molecule has 0 unspecified atom stereocenters. The van der Waals surface area contributed by atoms with Gasteiger partial charge in [0.25, 0.3) is 5.91 Å². The van der Waals surface area contributed by atoms with E-state index in [9.17, 15) is 9.59 Å². The molecule has 1 aliphatic rings. The average molecular weight is 334 g/mol. The van der Waals surface area contributed by atoms with E-state index in [0.29, 0.717) is 30.2 Å². The molecule has 0 bridgehead atoms. The number of hydrogen-bond acceptors (Lipinski definition) is 3. The highest BCUT2D eigenvalue weighted by molar-refractivity contribution is 6.35. The van der Waals surface area contributed by atoms with Crippen molar-refractivity contribution >= 4 is 34.2 Å². The highest BCUT2D eigenvalue weighted by Crippen LogP contribution is 2.31. The van der Waals surface area contributed by atoms with Gasteiger partial charge in [-0.2, -0.15) is 0 Å². The second-order valence-corrected chi connectivity index (χ2v) is 5.87. The zero-order chi connectivity index (χ0) is 16.4. The van der Waals surface area contributed by atoms with E-state index in [1.807, 2.05) is 24.3 Å². The minimum absolute atomic E-state index is 0.185. The van der Waals surface area contributed by atoms with E-state index in [0.717, 1.165) is 10.8 Å². The van der Waals surface area contributed by atoms with Crippen LogP contribution >= 0.6 is 11.6 Å². The molecule has 2 aromatic rings. The van der Waals surface area contributed by atoms with Crippen LogP contribution in [0.1, 0.15) is 12.8 Å². The van der Waals surface area contributed by atoms with Crippen LogP contribution in [-0.2, 0) is 9.59 Å². The van der Waals surface area contributed by atoms with Crippen LogP contribution in [0.2, 0.25) is 5.02 Å². The number of carboxylic acid groups (broad SMARTS) is 1. The Kier molecular flexibility index (Phi) is 4.39. The number of likely N-dealkylation sites (tertiary alicyclic amines) is 1. The van der Waals surface area contributed by atoms with Crippen molar-refractivity contribution in [3.8, 4) is 5.75 Å². The third kappa shape index (κ3) is 3.10. The highest BCUT2D eigenvalue weighted by atomic mass is 35.5. The monoisotopic (exact) mass is 333 g/mol. The van der Waals surface area contributed by atoms with Gasteiger partial charge in [0.1, 0.15) is 11.8 Å². The molecular formula is C17H16ClNO4. The van der Waals surface area contributed by atoms with E-state index in [-0.39, 0.29) is 12.5 Å². The molecule has 0 aromatic heterocycles. The first-order chi connectivity index (χ1) is 11.1. The zero-order valence-electron chi connectivity index (χ0n) is 12.4. The van der Waals surface area contributed by atoms with Gasteiger partial charge in [0, 0.05) is 22.3 Å². The predicted octanol–water partition coefficient (Wildman–Crippen LogP) is 2.95. The van der Waals surface area contributed by atoms with Gasteiger partial charge >= 0.3 is 5.97 Å². The quantitative estimate of drug-likeness (QED) is 0.934. The highest BCUT2D eigenvalue weighted by Gasteiger charge is 2.33. The van der Waals surface area contributed by atoms with E-state index in [4.69, 9.17) is 21.4 Å². The summed E-state index contributed by atoms with van der Waals surface area (Å²) in [6, 6.07) is 10.2. The summed E-state index contributed by atoms with van der Waals surface area (Å²) in [7, 11) is 0. The number of benzene rings is 2. The van der Waals surface area contributed by atoms with Gasteiger partial charge in [-0.25, -0.2) is 4.79 Å². The number of aliphatic carboxylic acids is 1. The van der Waals surface area contributed by atoms with Crippen molar-refractivity contribution in [1.82, 2.24) is 4.90 Å². The van der Waals surface area contributed by atoms with Crippen LogP contribution in [0, 0.1) is 0 Å². The van der Waals surface area contributed by atoms with Gasteiger partial charge in [0.2, 0.25) is 0 Å². The maximum Gasteiger partial charge on any atom is 0.326 e. The normalized spacial score (nSPS) is 17.4. The Morgan fingerprint density at radius 1 is 1.22 bits per heavy atom. The smallest absolute Gasteiger partial charge is 0.326 e. The Balaban J connectivity index is 1.75. The van der Waals surface area contributed by atoms with Gasteiger partial charge in [-0.3, -0.25) is 4.79 Å². The molecule has 1 fully saturated rings. The Bertz CT molecular complexity index is 761. The molecule has 0 aliphatic carbocycles. The molecule has 1 amide bonds. The summed E-state index contributed by atoms with van der Waals surface area (Å²) in [6.45, 7) is 0.274. The maximum atomic E-state index is 12.2. The van der Waals surface area contributed by atoms with E-state index >= 15 is 0 Å². The number of amides is 1. The maximum absolute atomic E-state index is 12.2. The summed E-state index contributed by atoms with van der Waals surface area (Å²) in [5, 5.41) is 11.4. The van der Waals surface area contributed by atoms with Crippen molar-refractivity contribution in [3.05, 3.63) is 41.4 Å². The molecule has 120 valence electrons. The van der Waals surface area contributed by atoms with Crippen molar-refractivity contribution in [2.75, 3.05) is 13.2 Å². The number of halogens is 1. The van der Waals surface area contributed by atoms with Crippen LogP contribution in [0.3, 0.4) is 0 Å². The lowest BCUT2D eigenvalue weighted by atomic mass is 10.1. The first-order valence-corrected chi connectivity index (χ1v) is 7.78. The number of carbonyl (C=O) groups excluding carboxylic acids is 1. The SMILES string of the molecule is O=C(O)[C@H]1CCCN1C(=O)COc1ccc(Cl)c2ccccc12. The third-order valence-electron chi connectivity index (χ3n) is 4.04. The molecule has 0 saturated carbocycles. The van der Waals surface area contributed by atoms with Crippen molar-refractivity contribution in [3.63, 3.8) is 0 Å². The van der Waals surface area contributed by atoms with Gasteiger partial charge in [0.05, 0.1) is 0 Å². The van der Waals surface area contributed by atoms with Crippen LogP contribution in [-0.4, -0.2) is 41.1 Å². The molecule has 6 heteroatoms. The van der Waals surface area contributed by atoms with Gasteiger partial charge in [-0.15, -0.1) is 0 Å². The molecule has 1 N–H and O–H groups in total. The van der Waals surface area contributed by atoms with Crippen LogP contribution in [0.4, 0.5) is 0 Å². The van der Waals surface area contributed by atoms with E-state index in [2.05, 4.69) is 0 Å². The molecule has 23 heavy (non-hydrogen) atoms. The lowest BCUT2D eigenvalue weighted by molar-refractivity contribution is -0.148. The average Bonchev–Trinajstić information content (AvgIpc) is 3.04.